The van der Waals surface area contributed by atoms with Gasteiger partial charge in [-0.2, -0.15) is 0 Å². The van der Waals surface area contributed by atoms with Crippen LogP contribution in [-0.4, -0.2) is 42.7 Å². The van der Waals surface area contributed by atoms with E-state index in [0.29, 0.717) is 17.0 Å². The van der Waals surface area contributed by atoms with E-state index >= 15 is 0 Å². The van der Waals surface area contributed by atoms with Crippen molar-refractivity contribution in [2.75, 3.05) is 26.2 Å². The van der Waals surface area contributed by atoms with Crippen LogP contribution in [0.5, 0.6) is 0 Å². The van der Waals surface area contributed by atoms with E-state index in [1.807, 2.05) is 0 Å². The number of nitrogens with two attached hydrogens (primary N) is 1. The zero-order valence-corrected chi connectivity index (χ0v) is 10.3. The minimum Gasteiger partial charge on any atom is -0.329 e. The monoisotopic (exact) mass is 211 g/mol. The normalized spacial score (nSPS) is 30.0. The molecule has 3 nitrogen and oxygen atoms in total. The second kappa shape index (κ2) is 3.72. The molecule has 1 spiro atoms. The summed E-state index contributed by atoms with van der Waals surface area (Å²) in [5.41, 5.74) is 6.47. The molecule has 2 aliphatic rings. The Balaban J connectivity index is 1.96. The van der Waals surface area contributed by atoms with Gasteiger partial charge in [0, 0.05) is 37.8 Å². The van der Waals surface area contributed by atoms with Crippen LogP contribution < -0.4 is 11.1 Å². The Hall–Kier alpha value is -0.120. The fourth-order valence-corrected chi connectivity index (χ4v) is 2.69. The SMILES string of the molecule is CC(C)(C)N1CC(NCCN)C2(CC2)C1. The van der Waals surface area contributed by atoms with Crippen molar-refractivity contribution < 1.29 is 0 Å². The molecule has 1 aliphatic heterocycles. The molecular formula is C12H25N3. The predicted octanol–water partition coefficient (Wildman–Crippen LogP) is 0.798. The molecule has 1 aliphatic carbocycles. The first-order valence-electron chi connectivity index (χ1n) is 6.16. The summed E-state index contributed by atoms with van der Waals surface area (Å²) >= 11 is 0. The van der Waals surface area contributed by atoms with Crippen molar-refractivity contribution in [1.82, 2.24) is 10.2 Å². The number of nitrogens with zero attached hydrogens (tertiary/aromatic N) is 1. The third-order valence-electron chi connectivity index (χ3n) is 4.02. The van der Waals surface area contributed by atoms with Crippen LogP contribution in [0.2, 0.25) is 0 Å². The molecule has 1 saturated heterocycles. The second-order valence-corrected chi connectivity index (χ2v) is 6.21. The van der Waals surface area contributed by atoms with Gasteiger partial charge >= 0.3 is 0 Å². The summed E-state index contributed by atoms with van der Waals surface area (Å²) in [5.74, 6) is 0. The fraction of sp³-hybridized carbons (Fsp3) is 1.00. The first-order valence-corrected chi connectivity index (χ1v) is 6.16. The van der Waals surface area contributed by atoms with E-state index in [1.54, 1.807) is 0 Å². The average Bonchev–Trinajstić information content (AvgIpc) is 2.77. The van der Waals surface area contributed by atoms with Crippen molar-refractivity contribution in [3.05, 3.63) is 0 Å². The average molecular weight is 211 g/mol. The standard InChI is InChI=1S/C12H25N3/c1-11(2,3)15-8-10(14-7-6-13)12(9-15)4-5-12/h10,14H,4-9,13H2,1-3H3. The lowest BCUT2D eigenvalue weighted by Crippen LogP contribution is -2.43. The smallest absolute Gasteiger partial charge is 0.0264 e. The third-order valence-corrected chi connectivity index (χ3v) is 4.02. The maximum absolute atomic E-state index is 5.56. The van der Waals surface area contributed by atoms with Crippen molar-refractivity contribution >= 4 is 0 Å². The van der Waals surface area contributed by atoms with Crippen LogP contribution in [-0.2, 0) is 0 Å². The summed E-state index contributed by atoms with van der Waals surface area (Å²) in [6.45, 7) is 11.1. The van der Waals surface area contributed by atoms with E-state index in [-0.39, 0.29) is 0 Å². The Bertz CT molecular complexity index is 228. The molecule has 2 rings (SSSR count). The zero-order valence-electron chi connectivity index (χ0n) is 10.3. The molecule has 88 valence electrons. The van der Waals surface area contributed by atoms with Gasteiger partial charge in [-0.15, -0.1) is 0 Å². The third kappa shape index (κ3) is 2.19. The van der Waals surface area contributed by atoms with Crippen LogP contribution in [0.1, 0.15) is 33.6 Å². The van der Waals surface area contributed by atoms with Gasteiger partial charge in [0.05, 0.1) is 0 Å². The highest BCUT2D eigenvalue weighted by Gasteiger charge is 2.56. The van der Waals surface area contributed by atoms with Gasteiger partial charge in [0.15, 0.2) is 0 Å². The van der Waals surface area contributed by atoms with E-state index in [9.17, 15) is 0 Å². The van der Waals surface area contributed by atoms with Gasteiger partial charge in [-0.3, -0.25) is 4.90 Å². The van der Waals surface area contributed by atoms with Gasteiger partial charge in [0.25, 0.3) is 0 Å². The molecular weight excluding hydrogens is 186 g/mol. The van der Waals surface area contributed by atoms with Gasteiger partial charge in [0.2, 0.25) is 0 Å². The van der Waals surface area contributed by atoms with Gasteiger partial charge in [-0.05, 0) is 39.0 Å². The number of hydrogen-bond acceptors (Lipinski definition) is 3. The van der Waals surface area contributed by atoms with Crippen molar-refractivity contribution in [1.29, 1.82) is 0 Å². The molecule has 2 fully saturated rings. The predicted molar refractivity (Wildman–Crippen MR) is 63.8 cm³/mol. The van der Waals surface area contributed by atoms with Crippen molar-refractivity contribution in [2.24, 2.45) is 11.1 Å². The number of nitrogens with one attached hydrogen (secondary N) is 1. The first-order chi connectivity index (χ1) is 6.98. The summed E-state index contributed by atoms with van der Waals surface area (Å²) in [7, 11) is 0. The minimum atomic E-state index is 0.314. The van der Waals surface area contributed by atoms with Gasteiger partial charge in [0.1, 0.15) is 0 Å². The van der Waals surface area contributed by atoms with E-state index in [4.69, 9.17) is 5.73 Å². The molecule has 0 aromatic rings. The molecule has 3 heteroatoms. The number of likely N-dealkylation sites (tertiary alicyclic amines) is 1. The van der Waals surface area contributed by atoms with E-state index in [1.165, 1.54) is 25.9 Å². The van der Waals surface area contributed by atoms with E-state index in [0.717, 1.165) is 13.1 Å². The van der Waals surface area contributed by atoms with Crippen LogP contribution in [0.4, 0.5) is 0 Å². The summed E-state index contributed by atoms with van der Waals surface area (Å²) in [6, 6.07) is 0.681. The molecule has 0 aromatic heterocycles. The van der Waals surface area contributed by atoms with Crippen LogP contribution >= 0.6 is 0 Å². The van der Waals surface area contributed by atoms with E-state index in [2.05, 4.69) is 31.0 Å². The van der Waals surface area contributed by atoms with Gasteiger partial charge in [-0.1, -0.05) is 0 Å². The lowest BCUT2D eigenvalue weighted by Gasteiger charge is -2.31. The summed E-state index contributed by atoms with van der Waals surface area (Å²) in [4.78, 5) is 2.62. The lowest BCUT2D eigenvalue weighted by molar-refractivity contribution is 0.164. The van der Waals surface area contributed by atoms with E-state index < -0.39 is 0 Å². The second-order valence-electron chi connectivity index (χ2n) is 6.21. The molecule has 0 bridgehead atoms. The molecule has 1 unspecified atom stereocenters. The van der Waals surface area contributed by atoms with Gasteiger partial charge in [-0.25, -0.2) is 0 Å². The highest BCUT2D eigenvalue weighted by Crippen LogP contribution is 2.53. The first kappa shape index (κ1) is 11.4. The van der Waals surface area contributed by atoms with Crippen molar-refractivity contribution in [3.8, 4) is 0 Å². The Kier molecular flexibility index (Phi) is 2.82. The highest BCUT2D eigenvalue weighted by atomic mass is 15.3. The number of hydrogen-bond donors (Lipinski definition) is 2. The Labute approximate surface area is 93.4 Å². The molecule has 0 amide bonds. The number of rotatable bonds is 3. The molecule has 0 radical (unpaired) electrons. The Morgan fingerprint density at radius 1 is 1.40 bits per heavy atom. The minimum absolute atomic E-state index is 0.314. The van der Waals surface area contributed by atoms with Crippen LogP contribution in [0.15, 0.2) is 0 Å². The lowest BCUT2D eigenvalue weighted by atomic mass is 10.0. The Morgan fingerprint density at radius 2 is 2.07 bits per heavy atom. The molecule has 15 heavy (non-hydrogen) atoms. The summed E-state index contributed by atoms with van der Waals surface area (Å²) in [6.07, 6.45) is 2.81. The maximum atomic E-state index is 5.56. The largest absolute Gasteiger partial charge is 0.329 e. The topological polar surface area (TPSA) is 41.3 Å². The molecule has 3 N–H and O–H groups in total. The van der Waals surface area contributed by atoms with Gasteiger partial charge < -0.3 is 11.1 Å². The summed E-state index contributed by atoms with van der Waals surface area (Å²) < 4.78 is 0. The van der Waals surface area contributed by atoms with Crippen molar-refractivity contribution in [2.45, 2.75) is 45.2 Å². The molecule has 1 heterocycles. The molecule has 1 atom stereocenters. The molecule has 0 aromatic carbocycles. The van der Waals surface area contributed by atoms with Crippen LogP contribution in [0.25, 0.3) is 0 Å². The Morgan fingerprint density at radius 3 is 2.53 bits per heavy atom. The van der Waals surface area contributed by atoms with Crippen LogP contribution in [0, 0.1) is 5.41 Å². The van der Waals surface area contributed by atoms with Crippen LogP contribution in [0.3, 0.4) is 0 Å². The highest BCUT2D eigenvalue weighted by molar-refractivity contribution is 5.11. The quantitative estimate of drug-likeness (QED) is 0.725. The fourth-order valence-electron chi connectivity index (χ4n) is 2.69. The molecule has 1 saturated carbocycles. The zero-order chi connectivity index (χ0) is 11.1. The van der Waals surface area contributed by atoms with Crippen molar-refractivity contribution in [3.63, 3.8) is 0 Å². The summed E-state index contributed by atoms with van der Waals surface area (Å²) in [5, 5.41) is 3.62. The maximum Gasteiger partial charge on any atom is 0.0264 e.